The molecule has 2 aliphatic rings. The normalized spacial score (nSPS) is 27.1. The van der Waals surface area contributed by atoms with Crippen LogP contribution in [0.15, 0.2) is 0 Å². The fraction of sp³-hybridized carbons (Fsp3) is 0.778. The number of aliphatic hydroxyl groups is 1. The molecular weight excluding hydrogens is 198 g/mol. The molecule has 0 aliphatic carbocycles. The molecule has 1 unspecified atom stereocenters. The van der Waals surface area contributed by atoms with Gasteiger partial charge in [-0.3, -0.25) is 14.9 Å². The van der Waals surface area contributed by atoms with Crippen molar-refractivity contribution >= 4 is 11.8 Å². The van der Waals surface area contributed by atoms with E-state index in [-0.39, 0.29) is 36.9 Å². The Labute approximate surface area is 87.6 Å². The predicted molar refractivity (Wildman–Crippen MR) is 52.0 cm³/mol. The third kappa shape index (κ3) is 2.10. The number of aliphatic hydroxyl groups excluding tert-OH is 1. The second kappa shape index (κ2) is 4.16. The van der Waals surface area contributed by atoms with Gasteiger partial charge in [-0.1, -0.05) is 0 Å². The van der Waals surface area contributed by atoms with E-state index in [0.29, 0.717) is 19.6 Å². The van der Waals surface area contributed by atoms with Crippen molar-refractivity contribution in [2.24, 2.45) is 5.92 Å². The lowest BCUT2D eigenvalue weighted by Gasteiger charge is -2.40. The van der Waals surface area contributed by atoms with Crippen molar-refractivity contribution in [3.05, 3.63) is 0 Å². The highest BCUT2D eigenvalue weighted by Gasteiger charge is 2.35. The number of likely N-dealkylation sites (tertiary alicyclic amines) is 1. The van der Waals surface area contributed by atoms with Crippen LogP contribution in [0, 0.1) is 5.92 Å². The van der Waals surface area contributed by atoms with Crippen LogP contribution in [-0.4, -0.2) is 60.6 Å². The van der Waals surface area contributed by atoms with Gasteiger partial charge in [0.2, 0.25) is 11.8 Å². The zero-order chi connectivity index (χ0) is 10.8. The Morgan fingerprint density at radius 1 is 1.53 bits per heavy atom. The molecule has 2 amide bonds. The van der Waals surface area contributed by atoms with Gasteiger partial charge in [-0.05, 0) is 0 Å². The third-order valence-corrected chi connectivity index (χ3v) is 2.84. The first kappa shape index (κ1) is 10.4. The summed E-state index contributed by atoms with van der Waals surface area (Å²) in [6.45, 7) is 1.95. The lowest BCUT2D eigenvalue weighted by Crippen LogP contribution is -2.62. The largest absolute Gasteiger partial charge is 0.396 e. The number of hydrogen-bond acceptors (Lipinski definition) is 4. The van der Waals surface area contributed by atoms with Gasteiger partial charge >= 0.3 is 0 Å². The topological polar surface area (TPSA) is 81.7 Å². The standard InChI is InChI=1S/C9H15N3O3/c13-5-6-3-12(4-6)9(15)7-1-11-8(14)2-10-7/h6-7,10,13H,1-5H2,(H,11,14). The summed E-state index contributed by atoms with van der Waals surface area (Å²) in [5.41, 5.74) is 0. The van der Waals surface area contributed by atoms with Gasteiger partial charge < -0.3 is 15.3 Å². The van der Waals surface area contributed by atoms with Crippen molar-refractivity contribution in [2.45, 2.75) is 6.04 Å². The molecule has 6 heteroatoms. The summed E-state index contributed by atoms with van der Waals surface area (Å²) in [5.74, 6) is 0.169. The highest BCUT2D eigenvalue weighted by molar-refractivity contribution is 5.87. The molecule has 15 heavy (non-hydrogen) atoms. The first-order valence-electron chi connectivity index (χ1n) is 5.10. The molecule has 2 heterocycles. The summed E-state index contributed by atoms with van der Waals surface area (Å²) in [5, 5.41) is 14.3. The number of hydrogen-bond donors (Lipinski definition) is 3. The molecule has 0 aromatic rings. The van der Waals surface area contributed by atoms with Gasteiger partial charge in [0, 0.05) is 32.2 Å². The molecule has 0 radical (unpaired) electrons. The summed E-state index contributed by atoms with van der Waals surface area (Å²) < 4.78 is 0. The average molecular weight is 213 g/mol. The first-order valence-corrected chi connectivity index (χ1v) is 5.10. The monoisotopic (exact) mass is 213 g/mol. The van der Waals surface area contributed by atoms with Crippen LogP contribution in [0.4, 0.5) is 0 Å². The molecular formula is C9H15N3O3. The molecule has 0 aromatic carbocycles. The summed E-state index contributed by atoms with van der Waals surface area (Å²) in [4.78, 5) is 24.3. The van der Waals surface area contributed by atoms with E-state index in [1.54, 1.807) is 4.90 Å². The van der Waals surface area contributed by atoms with Gasteiger partial charge in [-0.25, -0.2) is 0 Å². The van der Waals surface area contributed by atoms with E-state index < -0.39 is 0 Å². The molecule has 1 atom stereocenters. The average Bonchev–Trinajstić information content (AvgIpc) is 2.17. The van der Waals surface area contributed by atoms with E-state index in [0.717, 1.165) is 0 Å². The highest BCUT2D eigenvalue weighted by Crippen LogP contribution is 2.15. The zero-order valence-corrected chi connectivity index (χ0v) is 8.40. The Balaban J connectivity index is 1.79. The Kier molecular flexibility index (Phi) is 2.88. The lowest BCUT2D eigenvalue weighted by molar-refractivity contribution is -0.141. The van der Waals surface area contributed by atoms with Crippen LogP contribution in [0.3, 0.4) is 0 Å². The van der Waals surface area contributed by atoms with Gasteiger partial charge in [0.05, 0.1) is 6.54 Å². The maximum Gasteiger partial charge on any atom is 0.241 e. The van der Waals surface area contributed by atoms with E-state index in [2.05, 4.69) is 10.6 Å². The molecule has 2 fully saturated rings. The number of rotatable bonds is 2. The number of carbonyl (C=O) groups is 2. The van der Waals surface area contributed by atoms with E-state index in [1.165, 1.54) is 0 Å². The maximum atomic E-state index is 11.8. The van der Waals surface area contributed by atoms with Gasteiger partial charge in [-0.15, -0.1) is 0 Å². The van der Waals surface area contributed by atoms with Crippen LogP contribution >= 0.6 is 0 Å². The van der Waals surface area contributed by atoms with Crippen LogP contribution in [-0.2, 0) is 9.59 Å². The number of nitrogens with zero attached hydrogens (tertiary/aromatic N) is 1. The molecule has 6 nitrogen and oxygen atoms in total. The summed E-state index contributed by atoms with van der Waals surface area (Å²) in [6, 6.07) is -0.303. The molecule has 0 spiro atoms. The van der Waals surface area contributed by atoms with Crippen molar-refractivity contribution < 1.29 is 14.7 Å². The minimum atomic E-state index is -0.303. The van der Waals surface area contributed by atoms with Crippen molar-refractivity contribution in [3.63, 3.8) is 0 Å². The Morgan fingerprint density at radius 3 is 2.80 bits per heavy atom. The zero-order valence-electron chi connectivity index (χ0n) is 8.40. The third-order valence-electron chi connectivity index (χ3n) is 2.84. The predicted octanol–water partition coefficient (Wildman–Crippen LogP) is -2.47. The fourth-order valence-electron chi connectivity index (χ4n) is 1.83. The quantitative estimate of drug-likeness (QED) is 0.474. The van der Waals surface area contributed by atoms with E-state index in [4.69, 9.17) is 5.11 Å². The van der Waals surface area contributed by atoms with E-state index in [9.17, 15) is 9.59 Å². The molecule has 0 saturated carbocycles. The van der Waals surface area contributed by atoms with Gasteiger partial charge in [0.1, 0.15) is 6.04 Å². The molecule has 2 saturated heterocycles. The first-order chi connectivity index (χ1) is 7.20. The summed E-state index contributed by atoms with van der Waals surface area (Å²) in [7, 11) is 0. The van der Waals surface area contributed by atoms with Gasteiger partial charge in [0.25, 0.3) is 0 Å². The molecule has 2 rings (SSSR count). The van der Waals surface area contributed by atoms with Crippen LogP contribution < -0.4 is 10.6 Å². The molecule has 3 N–H and O–H groups in total. The second-order valence-corrected chi connectivity index (χ2v) is 4.03. The lowest BCUT2D eigenvalue weighted by atomic mass is 10.00. The number of nitrogens with one attached hydrogen (secondary N) is 2. The SMILES string of the molecule is O=C1CNC(C(=O)N2CC(CO)C2)CN1. The Bertz CT molecular complexity index is 266. The van der Waals surface area contributed by atoms with Crippen molar-refractivity contribution in [2.75, 3.05) is 32.8 Å². The van der Waals surface area contributed by atoms with Crippen molar-refractivity contribution in [3.8, 4) is 0 Å². The number of carbonyl (C=O) groups excluding carboxylic acids is 2. The summed E-state index contributed by atoms with van der Waals surface area (Å²) >= 11 is 0. The van der Waals surface area contributed by atoms with Crippen LogP contribution in [0.25, 0.3) is 0 Å². The van der Waals surface area contributed by atoms with Crippen LogP contribution in [0.1, 0.15) is 0 Å². The second-order valence-electron chi connectivity index (χ2n) is 4.03. The van der Waals surface area contributed by atoms with E-state index in [1.807, 2.05) is 0 Å². The summed E-state index contributed by atoms with van der Waals surface area (Å²) in [6.07, 6.45) is 0. The molecule has 0 bridgehead atoms. The Morgan fingerprint density at radius 2 is 2.27 bits per heavy atom. The van der Waals surface area contributed by atoms with Crippen molar-refractivity contribution in [1.82, 2.24) is 15.5 Å². The van der Waals surface area contributed by atoms with Crippen molar-refractivity contribution in [1.29, 1.82) is 0 Å². The minimum Gasteiger partial charge on any atom is -0.396 e. The van der Waals surface area contributed by atoms with E-state index >= 15 is 0 Å². The minimum absolute atomic E-state index is 0.0136. The smallest absolute Gasteiger partial charge is 0.241 e. The molecule has 2 aliphatic heterocycles. The van der Waals surface area contributed by atoms with Crippen LogP contribution in [0.2, 0.25) is 0 Å². The van der Waals surface area contributed by atoms with Gasteiger partial charge in [0.15, 0.2) is 0 Å². The highest BCUT2D eigenvalue weighted by atomic mass is 16.3. The fourth-order valence-corrected chi connectivity index (χ4v) is 1.83. The molecule has 84 valence electrons. The van der Waals surface area contributed by atoms with Gasteiger partial charge in [-0.2, -0.15) is 0 Å². The maximum absolute atomic E-state index is 11.8. The number of amides is 2. The Hall–Kier alpha value is -1.14. The van der Waals surface area contributed by atoms with Crippen LogP contribution in [0.5, 0.6) is 0 Å². The molecule has 0 aromatic heterocycles. The number of piperazine rings is 1.